The average molecular weight is 410 g/mol. The van der Waals surface area contributed by atoms with E-state index in [1.54, 1.807) is 6.92 Å². The van der Waals surface area contributed by atoms with Crippen LogP contribution in [-0.4, -0.2) is 40.3 Å². The predicted molar refractivity (Wildman–Crippen MR) is 96.0 cm³/mol. The molecule has 140 valence electrons. The molecule has 1 amide bonds. The van der Waals surface area contributed by atoms with Crippen molar-refractivity contribution >= 4 is 33.0 Å². The smallest absolute Gasteiger partial charge is 0.239 e. The fourth-order valence-electron chi connectivity index (χ4n) is 2.30. The van der Waals surface area contributed by atoms with Crippen molar-refractivity contribution in [1.82, 2.24) is 20.2 Å². The molecule has 0 radical (unpaired) electrons. The zero-order chi connectivity index (χ0) is 19.6. The quantitative estimate of drug-likeness (QED) is 0.692. The minimum absolute atomic E-state index is 0.0221. The van der Waals surface area contributed by atoms with Crippen molar-refractivity contribution in [3.8, 4) is 5.69 Å². The van der Waals surface area contributed by atoms with Crippen molar-refractivity contribution in [2.45, 2.75) is 11.8 Å². The summed E-state index contributed by atoms with van der Waals surface area (Å²) in [5.41, 5.74) is 0.230. The van der Waals surface area contributed by atoms with Gasteiger partial charge in [0.2, 0.25) is 5.91 Å². The SMILES string of the molecule is Cc1nnnn1-c1cc(NC(=O)CS(=O)(=O)c2ccc(Cl)cc2)ccc1F. The van der Waals surface area contributed by atoms with E-state index in [0.29, 0.717) is 10.8 Å². The van der Waals surface area contributed by atoms with Gasteiger partial charge in [0.25, 0.3) is 0 Å². The number of halogens is 2. The van der Waals surface area contributed by atoms with E-state index < -0.39 is 27.3 Å². The number of tetrazole rings is 1. The number of sulfone groups is 1. The van der Waals surface area contributed by atoms with Gasteiger partial charge in [-0.15, -0.1) is 5.10 Å². The summed E-state index contributed by atoms with van der Waals surface area (Å²) in [6, 6.07) is 9.24. The van der Waals surface area contributed by atoms with Crippen LogP contribution >= 0.6 is 11.6 Å². The number of amides is 1. The van der Waals surface area contributed by atoms with Gasteiger partial charge in [0.05, 0.1) is 4.90 Å². The Balaban J connectivity index is 1.78. The highest BCUT2D eigenvalue weighted by Gasteiger charge is 2.20. The third-order valence-electron chi connectivity index (χ3n) is 3.58. The van der Waals surface area contributed by atoms with Crippen LogP contribution in [-0.2, 0) is 14.6 Å². The number of carbonyl (C=O) groups excluding carboxylic acids is 1. The lowest BCUT2D eigenvalue weighted by molar-refractivity contribution is -0.113. The third-order valence-corrected chi connectivity index (χ3v) is 5.46. The van der Waals surface area contributed by atoms with Crippen LogP contribution < -0.4 is 5.32 Å². The Morgan fingerprint density at radius 2 is 1.93 bits per heavy atom. The molecule has 0 spiro atoms. The number of hydrogen-bond donors (Lipinski definition) is 1. The van der Waals surface area contributed by atoms with Crippen LogP contribution in [0.3, 0.4) is 0 Å². The fourth-order valence-corrected chi connectivity index (χ4v) is 3.56. The van der Waals surface area contributed by atoms with Gasteiger partial charge in [-0.3, -0.25) is 4.79 Å². The average Bonchev–Trinajstić information content (AvgIpc) is 3.02. The van der Waals surface area contributed by atoms with Crippen LogP contribution in [0.4, 0.5) is 10.1 Å². The molecule has 0 unspecified atom stereocenters. The molecule has 2 aromatic carbocycles. The topological polar surface area (TPSA) is 107 Å². The molecule has 3 rings (SSSR count). The van der Waals surface area contributed by atoms with E-state index in [9.17, 15) is 17.6 Å². The summed E-state index contributed by atoms with van der Waals surface area (Å²) in [5, 5.41) is 13.6. The molecular weight excluding hydrogens is 397 g/mol. The number of rotatable bonds is 5. The summed E-state index contributed by atoms with van der Waals surface area (Å²) in [4.78, 5) is 12.1. The fraction of sp³-hybridized carbons (Fsp3) is 0.125. The molecule has 1 N–H and O–H groups in total. The lowest BCUT2D eigenvalue weighted by atomic mass is 10.2. The van der Waals surface area contributed by atoms with Gasteiger partial charge in [0.15, 0.2) is 15.7 Å². The summed E-state index contributed by atoms with van der Waals surface area (Å²) in [6.07, 6.45) is 0. The molecule has 0 saturated heterocycles. The highest BCUT2D eigenvalue weighted by atomic mass is 35.5. The molecule has 0 aliphatic heterocycles. The third kappa shape index (κ3) is 4.29. The first-order chi connectivity index (χ1) is 12.8. The molecule has 27 heavy (non-hydrogen) atoms. The van der Waals surface area contributed by atoms with Gasteiger partial charge in [-0.1, -0.05) is 11.6 Å². The summed E-state index contributed by atoms with van der Waals surface area (Å²) in [7, 11) is -3.85. The van der Waals surface area contributed by atoms with Gasteiger partial charge in [0, 0.05) is 10.7 Å². The number of carbonyl (C=O) groups is 1. The van der Waals surface area contributed by atoms with Crippen molar-refractivity contribution in [2.24, 2.45) is 0 Å². The second-order valence-corrected chi connectivity index (χ2v) is 7.99. The van der Waals surface area contributed by atoms with Crippen molar-refractivity contribution in [3.63, 3.8) is 0 Å². The molecule has 3 aromatic rings. The largest absolute Gasteiger partial charge is 0.325 e. The standard InChI is InChI=1S/C16H13ClFN5O3S/c1-10-20-21-22-23(10)15-8-12(4-7-14(15)18)19-16(24)9-27(25,26)13-5-2-11(17)3-6-13/h2-8H,9H2,1H3,(H,19,24). The Bertz CT molecular complexity index is 1100. The molecule has 8 nitrogen and oxygen atoms in total. The van der Waals surface area contributed by atoms with Crippen molar-refractivity contribution in [1.29, 1.82) is 0 Å². The maximum absolute atomic E-state index is 14.0. The van der Waals surface area contributed by atoms with E-state index in [2.05, 4.69) is 20.8 Å². The number of nitrogens with one attached hydrogen (secondary N) is 1. The lowest BCUT2D eigenvalue weighted by Gasteiger charge is -2.09. The van der Waals surface area contributed by atoms with E-state index in [0.717, 1.165) is 10.7 Å². The Morgan fingerprint density at radius 3 is 2.56 bits per heavy atom. The van der Waals surface area contributed by atoms with Gasteiger partial charge in [-0.25, -0.2) is 12.8 Å². The first kappa shape index (κ1) is 18.9. The van der Waals surface area contributed by atoms with Gasteiger partial charge in [0.1, 0.15) is 17.3 Å². The monoisotopic (exact) mass is 409 g/mol. The summed E-state index contributed by atoms with van der Waals surface area (Å²) in [5.74, 6) is -1.79. The molecule has 1 heterocycles. The van der Waals surface area contributed by atoms with E-state index in [-0.39, 0.29) is 16.3 Å². The zero-order valence-electron chi connectivity index (χ0n) is 13.9. The normalized spacial score (nSPS) is 11.4. The maximum Gasteiger partial charge on any atom is 0.239 e. The summed E-state index contributed by atoms with van der Waals surface area (Å²) in [6.45, 7) is 1.59. The minimum Gasteiger partial charge on any atom is -0.325 e. The molecule has 0 aliphatic carbocycles. The van der Waals surface area contributed by atoms with Crippen LogP contribution in [0.5, 0.6) is 0 Å². The minimum atomic E-state index is -3.85. The highest BCUT2D eigenvalue weighted by Crippen LogP contribution is 2.20. The summed E-state index contributed by atoms with van der Waals surface area (Å²) >= 11 is 5.74. The van der Waals surface area contributed by atoms with Gasteiger partial charge in [-0.2, -0.15) is 4.68 Å². The first-order valence-corrected chi connectivity index (χ1v) is 9.62. The van der Waals surface area contributed by atoms with Crippen molar-refractivity contribution in [3.05, 3.63) is 59.1 Å². The number of nitrogens with zero attached hydrogens (tertiary/aromatic N) is 4. The Labute approximate surface area is 158 Å². The number of aryl methyl sites for hydroxylation is 1. The van der Waals surface area contributed by atoms with Crippen LogP contribution in [0.2, 0.25) is 5.02 Å². The highest BCUT2D eigenvalue weighted by molar-refractivity contribution is 7.92. The molecule has 1 aromatic heterocycles. The molecular formula is C16H13ClFN5O3S. The van der Waals surface area contributed by atoms with Crippen LogP contribution in [0.25, 0.3) is 5.69 Å². The van der Waals surface area contributed by atoms with Crippen LogP contribution in [0.1, 0.15) is 5.82 Å². The first-order valence-electron chi connectivity index (χ1n) is 7.59. The second-order valence-electron chi connectivity index (χ2n) is 5.57. The van der Waals surface area contributed by atoms with Crippen molar-refractivity contribution in [2.75, 3.05) is 11.1 Å². The van der Waals surface area contributed by atoms with E-state index in [1.165, 1.54) is 36.4 Å². The number of anilines is 1. The number of aromatic nitrogens is 4. The molecule has 0 bridgehead atoms. The lowest BCUT2D eigenvalue weighted by Crippen LogP contribution is -2.23. The van der Waals surface area contributed by atoms with Gasteiger partial charge < -0.3 is 5.32 Å². The van der Waals surface area contributed by atoms with Crippen molar-refractivity contribution < 1.29 is 17.6 Å². The Morgan fingerprint density at radius 1 is 1.22 bits per heavy atom. The number of hydrogen-bond acceptors (Lipinski definition) is 6. The maximum atomic E-state index is 14.0. The van der Waals surface area contributed by atoms with E-state index >= 15 is 0 Å². The Hall–Kier alpha value is -2.85. The van der Waals surface area contributed by atoms with Gasteiger partial charge in [-0.05, 0) is 59.8 Å². The predicted octanol–water partition coefficient (Wildman–Crippen LogP) is 2.18. The van der Waals surface area contributed by atoms with E-state index in [1.807, 2.05) is 0 Å². The molecule has 0 fully saturated rings. The van der Waals surface area contributed by atoms with Crippen LogP contribution in [0.15, 0.2) is 47.4 Å². The molecule has 0 saturated carbocycles. The summed E-state index contributed by atoms with van der Waals surface area (Å²) < 4.78 is 39.8. The Kier molecular flexibility index (Phi) is 5.19. The molecule has 0 aliphatic rings. The zero-order valence-corrected chi connectivity index (χ0v) is 15.5. The molecule has 0 atom stereocenters. The second kappa shape index (κ2) is 7.41. The van der Waals surface area contributed by atoms with E-state index in [4.69, 9.17) is 11.6 Å². The van der Waals surface area contributed by atoms with Gasteiger partial charge >= 0.3 is 0 Å². The number of benzene rings is 2. The van der Waals surface area contributed by atoms with Crippen LogP contribution in [0, 0.1) is 12.7 Å². The molecule has 11 heteroatoms.